The number of carbonyl (C=O) groups is 1. The smallest absolute Gasteiger partial charge is 0.270 e. The second kappa shape index (κ2) is 10.1. The first-order chi connectivity index (χ1) is 15.5. The molecule has 32 heavy (non-hydrogen) atoms. The number of hydrogen-bond donors (Lipinski definition) is 1. The van der Waals surface area contributed by atoms with Crippen LogP contribution in [0.2, 0.25) is 0 Å². The fourth-order valence-electron chi connectivity index (χ4n) is 3.97. The van der Waals surface area contributed by atoms with Crippen molar-refractivity contribution in [3.05, 3.63) is 65.4 Å². The van der Waals surface area contributed by atoms with Crippen LogP contribution in [-0.4, -0.2) is 50.8 Å². The number of fused-ring (bicyclic) bond motifs is 1. The highest BCUT2D eigenvalue weighted by molar-refractivity contribution is 5.92. The van der Waals surface area contributed by atoms with E-state index in [9.17, 15) is 4.79 Å². The van der Waals surface area contributed by atoms with Crippen LogP contribution in [0.4, 0.5) is 0 Å². The molecular weight excluding hydrogens is 408 g/mol. The fraction of sp³-hybridized carbons (Fsp3) is 0.478. The molecule has 0 aromatic carbocycles. The lowest BCUT2D eigenvalue weighted by atomic mass is 10.0. The Morgan fingerprint density at radius 3 is 2.75 bits per heavy atom. The van der Waals surface area contributed by atoms with Crippen LogP contribution in [0.1, 0.15) is 53.5 Å². The second-order valence-electron chi connectivity index (χ2n) is 8.36. The summed E-state index contributed by atoms with van der Waals surface area (Å²) in [4.78, 5) is 19.2. The maximum absolute atomic E-state index is 12.7. The molecule has 0 fully saturated rings. The van der Waals surface area contributed by atoms with Crippen molar-refractivity contribution in [1.29, 1.82) is 0 Å². The molecule has 9 heteroatoms. The number of aromatic nitrogens is 4. The molecule has 1 aliphatic rings. The molecular formula is C23H30N6O3. The quantitative estimate of drug-likeness (QED) is 0.577. The molecule has 1 N–H and O–H groups in total. The predicted molar refractivity (Wildman–Crippen MR) is 118 cm³/mol. The van der Waals surface area contributed by atoms with Crippen LogP contribution < -0.4 is 5.32 Å². The monoisotopic (exact) mass is 438 g/mol. The number of rotatable bonds is 8. The first-order valence-electron chi connectivity index (χ1n) is 11.0. The van der Waals surface area contributed by atoms with Gasteiger partial charge in [0.1, 0.15) is 29.6 Å². The SMILES string of the molecule is COCc1ccc(CN2CCc3nnc(C(NC(=O)c4ccccn4)C(C)C)n3CC2)o1. The average Bonchev–Trinajstić information content (AvgIpc) is 3.35. The molecule has 1 amide bonds. The van der Waals surface area contributed by atoms with Crippen molar-refractivity contribution in [2.75, 3.05) is 20.2 Å². The maximum atomic E-state index is 12.7. The van der Waals surface area contributed by atoms with E-state index >= 15 is 0 Å². The molecule has 1 aliphatic heterocycles. The van der Waals surface area contributed by atoms with Crippen LogP contribution in [0.5, 0.6) is 0 Å². The van der Waals surface area contributed by atoms with Crippen molar-refractivity contribution in [1.82, 2.24) is 30.0 Å². The summed E-state index contributed by atoms with van der Waals surface area (Å²) in [7, 11) is 1.66. The van der Waals surface area contributed by atoms with E-state index in [1.54, 1.807) is 31.5 Å². The zero-order valence-corrected chi connectivity index (χ0v) is 18.8. The Hall–Kier alpha value is -3.04. The van der Waals surface area contributed by atoms with E-state index in [1.807, 2.05) is 12.1 Å². The molecule has 0 aliphatic carbocycles. The molecule has 0 bridgehead atoms. The fourth-order valence-corrected chi connectivity index (χ4v) is 3.97. The van der Waals surface area contributed by atoms with Gasteiger partial charge in [-0.05, 0) is 30.2 Å². The van der Waals surface area contributed by atoms with Gasteiger partial charge in [-0.3, -0.25) is 14.7 Å². The average molecular weight is 439 g/mol. The van der Waals surface area contributed by atoms with Gasteiger partial charge in [-0.25, -0.2) is 0 Å². The van der Waals surface area contributed by atoms with Crippen molar-refractivity contribution in [3.63, 3.8) is 0 Å². The number of hydrogen-bond acceptors (Lipinski definition) is 7. The Morgan fingerprint density at radius 2 is 2.00 bits per heavy atom. The molecule has 4 rings (SSSR count). The van der Waals surface area contributed by atoms with E-state index in [4.69, 9.17) is 9.15 Å². The molecule has 3 aromatic heterocycles. The van der Waals surface area contributed by atoms with E-state index < -0.39 is 0 Å². The van der Waals surface area contributed by atoms with Crippen LogP contribution in [0.3, 0.4) is 0 Å². The molecule has 170 valence electrons. The van der Waals surface area contributed by atoms with Gasteiger partial charge in [-0.15, -0.1) is 10.2 Å². The van der Waals surface area contributed by atoms with Gasteiger partial charge in [0.05, 0.1) is 12.6 Å². The summed E-state index contributed by atoms with van der Waals surface area (Å²) >= 11 is 0. The number of nitrogens with zero attached hydrogens (tertiary/aromatic N) is 5. The number of ether oxygens (including phenoxy) is 1. The summed E-state index contributed by atoms with van der Waals surface area (Å²) in [5, 5.41) is 12.0. The van der Waals surface area contributed by atoms with Crippen molar-refractivity contribution < 1.29 is 13.9 Å². The first kappa shape index (κ1) is 22.2. The molecule has 0 radical (unpaired) electrons. The largest absolute Gasteiger partial charge is 0.462 e. The molecule has 4 heterocycles. The van der Waals surface area contributed by atoms with Crippen LogP contribution in [0, 0.1) is 5.92 Å². The molecule has 3 aromatic rings. The number of amides is 1. The van der Waals surface area contributed by atoms with Crippen LogP contribution in [0.25, 0.3) is 0 Å². The van der Waals surface area contributed by atoms with Gasteiger partial charge in [-0.1, -0.05) is 19.9 Å². The highest BCUT2D eigenvalue weighted by Gasteiger charge is 2.28. The summed E-state index contributed by atoms with van der Waals surface area (Å²) in [6, 6.07) is 9.03. The third-order valence-corrected chi connectivity index (χ3v) is 5.66. The molecule has 0 saturated carbocycles. The normalized spacial score (nSPS) is 15.4. The first-order valence-corrected chi connectivity index (χ1v) is 11.0. The summed E-state index contributed by atoms with van der Waals surface area (Å²) in [6.45, 7) is 7.83. The lowest BCUT2D eigenvalue weighted by Crippen LogP contribution is -2.34. The number of methoxy groups -OCH3 is 1. The Balaban J connectivity index is 1.45. The van der Waals surface area contributed by atoms with E-state index in [-0.39, 0.29) is 17.9 Å². The predicted octanol–water partition coefficient (Wildman–Crippen LogP) is 2.60. The number of pyridine rings is 1. The van der Waals surface area contributed by atoms with E-state index in [2.05, 4.69) is 43.8 Å². The third-order valence-electron chi connectivity index (χ3n) is 5.66. The molecule has 1 unspecified atom stereocenters. The van der Waals surface area contributed by atoms with Crippen molar-refractivity contribution >= 4 is 5.91 Å². The van der Waals surface area contributed by atoms with Crippen molar-refractivity contribution in [2.24, 2.45) is 5.92 Å². The second-order valence-corrected chi connectivity index (χ2v) is 8.36. The van der Waals surface area contributed by atoms with Gasteiger partial charge >= 0.3 is 0 Å². The van der Waals surface area contributed by atoms with Gasteiger partial charge in [0, 0.05) is 39.4 Å². The minimum atomic E-state index is -0.251. The van der Waals surface area contributed by atoms with Gasteiger partial charge in [0.2, 0.25) is 0 Å². The van der Waals surface area contributed by atoms with Crippen molar-refractivity contribution in [2.45, 2.75) is 46.0 Å². The van der Waals surface area contributed by atoms with E-state index in [1.165, 1.54) is 0 Å². The Morgan fingerprint density at radius 1 is 1.16 bits per heavy atom. The van der Waals surface area contributed by atoms with Gasteiger partial charge in [-0.2, -0.15) is 0 Å². The van der Waals surface area contributed by atoms with E-state index in [0.717, 1.165) is 55.8 Å². The van der Waals surface area contributed by atoms with Crippen LogP contribution >= 0.6 is 0 Å². The topological polar surface area (TPSA) is 98.3 Å². The minimum Gasteiger partial charge on any atom is -0.462 e. The summed E-state index contributed by atoms with van der Waals surface area (Å²) in [5.74, 6) is 3.44. The zero-order valence-electron chi connectivity index (χ0n) is 18.8. The van der Waals surface area contributed by atoms with Gasteiger partial charge < -0.3 is 19.0 Å². The van der Waals surface area contributed by atoms with Crippen LogP contribution in [0.15, 0.2) is 40.9 Å². The minimum absolute atomic E-state index is 0.151. The lowest BCUT2D eigenvalue weighted by molar-refractivity contribution is 0.0916. The zero-order chi connectivity index (χ0) is 22.5. The Bertz CT molecular complexity index is 1030. The maximum Gasteiger partial charge on any atom is 0.270 e. The Kier molecular flexibility index (Phi) is 6.96. The number of furan rings is 1. The van der Waals surface area contributed by atoms with E-state index in [0.29, 0.717) is 12.3 Å². The van der Waals surface area contributed by atoms with Gasteiger partial charge in [0.25, 0.3) is 5.91 Å². The lowest BCUT2D eigenvalue weighted by Gasteiger charge is -2.23. The molecule has 0 spiro atoms. The van der Waals surface area contributed by atoms with Crippen LogP contribution in [-0.2, 0) is 30.9 Å². The van der Waals surface area contributed by atoms with Gasteiger partial charge in [0.15, 0.2) is 5.82 Å². The summed E-state index contributed by atoms with van der Waals surface area (Å²) in [6.07, 6.45) is 2.41. The highest BCUT2D eigenvalue weighted by atomic mass is 16.5. The van der Waals surface area contributed by atoms with Crippen molar-refractivity contribution in [3.8, 4) is 0 Å². The third kappa shape index (κ3) is 5.05. The number of nitrogens with one attached hydrogen (secondary N) is 1. The molecule has 0 saturated heterocycles. The Labute approximate surface area is 187 Å². The number of carbonyl (C=O) groups excluding carboxylic acids is 1. The molecule has 9 nitrogen and oxygen atoms in total. The summed E-state index contributed by atoms with van der Waals surface area (Å²) < 4.78 is 13.1. The highest BCUT2D eigenvalue weighted by Crippen LogP contribution is 2.23. The standard InChI is InChI=1S/C23H30N6O3/c1-16(2)21(25-23(30)19-6-4-5-10-24-19)22-27-26-20-9-11-28(12-13-29(20)22)14-17-7-8-18(32-17)15-31-3/h4-8,10,16,21H,9,11-15H2,1-3H3,(H,25,30). The molecule has 1 atom stereocenters. The summed E-state index contributed by atoms with van der Waals surface area (Å²) in [5.41, 5.74) is 0.395.